The molecule has 1 aliphatic rings. The smallest absolute Gasteiger partial charge is 0.252 e. The molecule has 1 amide bonds. The highest BCUT2D eigenvalue weighted by atomic mass is 16.5. The molecule has 0 saturated carbocycles. The van der Waals surface area contributed by atoms with Crippen molar-refractivity contribution in [3.05, 3.63) is 60.8 Å². The Morgan fingerprint density at radius 1 is 1.03 bits per heavy atom. The summed E-state index contributed by atoms with van der Waals surface area (Å²) in [5.41, 5.74) is 4.35. The van der Waals surface area contributed by atoms with Gasteiger partial charge in [0.15, 0.2) is 0 Å². The zero-order chi connectivity index (χ0) is 21.6. The summed E-state index contributed by atoms with van der Waals surface area (Å²) in [5.74, 6) is 0.0593. The van der Waals surface area contributed by atoms with Crippen LogP contribution in [-0.2, 0) is 9.53 Å². The Hall–Kier alpha value is -3.49. The highest BCUT2D eigenvalue weighted by Crippen LogP contribution is 2.23. The summed E-state index contributed by atoms with van der Waals surface area (Å²) in [7, 11) is 0. The molecule has 8 heteroatoms. The lowest BCUT2D eigenvalue weighted by atomic mass is 10.1. The Balaban J connectivity index is 1.43. The zero-order valence-electron chi connectivity index (χ0n) is 17.3. The summed E-state index contributed by atoms with van der Waals surface area (Å²) in [6.07, 6.45) is 0.647. The number of hydrogen-bond acceptors (Lipinski definition) is 7. The quantitative estimate of drug-likeness (QED) is 0.565. The van der Waals surface area contributed by atoms with Crippen LogP contribution in [-0.4, -0.2) is 53.4 Å². The van der Waals surface area contributed by atoms with Gasteiger partial charge in [-0.2, -0.15) is 0 Å². The lowest BCUT2D eigenvalue weighted by Gasteiger charge is -2.28. The van der Waals surface area contributed by atoms with Gasteiger partial charge in [0, 0.05) is 41.9 Å². The monoisotopic (exact) mass is 419 g/mol. The summed E-state index contributed by atoms with van der Waals surface area (Å²) < 4.78 is 5.41. The summed E-state index contributed by atoms with van der Waals surface area (Å²) in [6, 6.07) is 17.3. The standard InChI is InChI=1S/C23H25N5O3/c1-16(29)22(30)25-18-4-2-17(3-5-18)21-10-11-24-23(27-21)26-19-6-8-20(9-7-19)28-12-14-31-15-13-28/h2-11,16,29H,12-15H2,1H3,(H,25,30)(H,24,26,27). The van der Waals surface area contributed by atoms with Crippen LogP contribution in [0.3, 0.4) is 0 Å². The second-order valence-corrected chi connectivity index (χ2v) is 7.28. The second kappa shape index (κ2) is 9.55. The zero-order valence-corrected chi connectivity index (χ0v) is 17.3. The fourth-order valence-electron chi connectivity index (χ4n) is 3.26. The number of nitrogens with zero attached hydrogens (tertiary/aromatic N) is 3. The molecule has 3 N–H and O–H groups in total. The van der Waals surface area contributed by atoms with Crippen LogP contribution in [0.2, 0.25) is 0 Å². The third-order valence-electron chi connectivity index (χ3n) is 4.98. The number of aliphatic hydroxyl groups excluding tert-OH is 1. The Kier molecular flexibility index (Phi) is 6.40. The summed E-state index contributed by atoms with van der Waals surface area (Å²) in [5, 5.41) is 15.2. The molecule has 0 spiro atoms. The van der Waals surface area contributed by atoms with Crippen LogP contribution in [0.4, 0.5) is 23.0 Å². The Labute approximate surface area is 180 Å². The number of anilines is 4. The van der Waals surface area contributed by atoms with Gasteiger partial charge in [0.2, 0.25) is 5.95 Å². The normalized spacial score (nSPS) is 14.7. The fourth-order valence-corrected chi connectivity index (χ4v) is 3.26. The van der Waals surface area contributed by atoms with E-state index in [0.29, 0.717) is 11.6 Å². The molecule has 1 fully saturated rings. The van der Waals surface area contributed by atoms with Crippen LogP contribution in [0.15, 0.2) is 60.8 Å². The number of morpholine rings is 1. The van der Waals surface area contributed by atoms with E-state index < -0.39 is 12.0 Å². The SMILES string of the molecule is CC(O)C(=O)Nc1ccc(-c2ccnc(Nc3ccc(N4CCOCC4)cc3)n2)cc1. The average Bonchev–Trinajstić information content (AvgIpc) is 2.81. The number of hydrogen-bond donors (Lipinski definition) is 3. The molecule has 3 aromatic rings. The van der Waals surface area contributed by atoms with Crippen LogP contribution >= 0.6 is 0 Å². The summed E-state index contributed by atoms with van der Waals surface area (Å²) in [6.45, 7) is 4.75. The molecule has 1 unspecified atom stereocenters. The number of carbonyl (C=O) groups is 1. The van der Waals surface area contributed by atoms with Crippen molar-refractivity contribution in [2.45, 2.75) is 13.0 Å². The van der Waals surface area contributed by atoms with E-state index >= 15 is 0 Å². The van der Waals surface area contributed by atoms with Crippen LogP contribution < -0.4 is 15.5 Å². The van der Waals surface area contributed by atoms with Gasteiger partial charge in [-0.05, 0) is 49.4 Å². The molecule has 8 nitrogen and oxygen atoms in total. The number of nitrogens with one attached hydrogen (secondary N) is 2. The Morgan fingerprint density at radius 2 is 1.71 bits per heavy atom. The lowest BCUT2D eigenvalue weighted by molar-refractivity contribution is -0.123. The number of aliphatic hydroxyl groups is 1. The van der Waals surface area contributed by atoms with E-state index in [2.05, 4.69) is 37.6 Å². The van der Waals surface area contributed by atoms with Gasteiger partial charge in [-0.15, -0.1) is 0 Å². The summed E-state index contributed by atoms with van der Waals surface area (Å²) in [4.78, 5) is 22.8. The van der Waals surface area contributed by atoms with E-state index in [1.54, 1.807) is 18.3 Å². The molecule has 31 heavy (non-hydrogen) atoms. The van der Waals surface area contributed by atoms with Crippen LogP contribution in [0.1, 0.15) is 6.92 Å². The Morgan fingerprint density at radius 3 is 2.39 bits per heavy atom. The number of aromatic nitrogens is 2. The first-order chi connectivity index (χ1) is 15.1. The van der Waals surface area contributed by atoms with Crippen molar-refractivity contribution in [2.75, 3.05) is 41.8 Å². The molecule has 2 heterocycles. The van der Waals surface area contributed by atoms with Crippen molar-refractivity contribution in [2.24, 2.45) is 0 Å². The average molecular weight is 419 g/mol. The van der Waals surface area contributed by atoms with E-state index in [1.807, 2.05) is 30.3 Å². The minimum atomic E-state index is -1.06. The van der Waals surface area contributed by atoms with Gasteiger partial charge < -0.3 is 25.4 Å². The van der Waals surface area contributed by atoms with Gasteiger partial charge in [0.25, 0.3) is 5.91 Å². The molecule has 1 saturated heterocycles. The first kappa shape index (κ1) is 20.8. The number of carbonyl (C=O) groups excluding carboxylic acids is 1. The highest BCUT2D eigenvalue weighted by Gasteiger charge is 2.11. The molecular weight excluding hydrogens is 394 g/mol. The van der Waals surface area contributed by atoms with E-state index in [0.717, 1.165) is 43.2 Å². The fraction of sp³-hybridized carbons (Fsp3) is 0.261. The topological polar surface area (TPSA) is 99.6 Å². The van der Waals surface area contributed by atoms with Crippen LogP contribution in [0, 0.1) is 0 Å². The number of ether oxygens (including phenoxy) is 1. The van der Waals surface area contributed by atoms with Gasteiger partial charge in [-0.1, -0.05) is 12.1 Å². The number of rotatable bonds is 6. The van der Waals surface area contributed by atoms with Crippen LogP contribution in [0.5, 0.6) is 0 Å². The van der Waals surface area contributed by atoms with E-state index in [4.69, 9.17) is 4.74 Å². The van der Waals surface area contributed by atoms with Gasteiger partial charge in [-0.3, -0.25) is 4.79 Å². The molecule has 0 radical (unpaired) electrons. The van der Waals surface area contributed by atoms with Crippen molar-refractivity contribution in [1.29, 1.82) is 0 Å². The molecule has 1 aliphatic heterocycles. The first-order valence-corrected chi connectivity index (χ1v) is 10.2. The molecule has 4 rings (SSSR count). The van der Waals surface area contributed by atoms with Crippen molar-refractivity contribution < 1.29 is 14.6 Å². The highest BCUT2D eigenvalue weighted by molar-refractivity contribution is 5.93. The predicted molar refractivity (Wildman–Crippen MR) is 121 cm³/mol. The van der Waals surface area contributed by atoms with E-state index in [1.165, 1.54) is 12.6 Å². The van der Waals surface area contributed by atoms with Crippen molar-refractivity contribution >= 4 is 28.9 Å². The van der Waals surface area contributed by atoms with Crippen LogP contribution in [0.25, 0.3) is 11.3 Å². The maximum atomic E-state index is 11.6. The molecular formula is C23H25N5O3. The van der Waals surface area contributed by atoms with Gasteiger partial charge in [0.05, 0.1) is 18.9 Å². The predicted octanol–water partition coefficient (Wildman–Crippen LogP) is 3.04. The molecule has 0 bridgehead atoms. The van der Waals surface area contributed by atoms with Crippen molar-refractivity contribution in [3.63, 3.8) is 0 Å². The van der Waals surface area contributed by atoms with Crippen molar-refractivity contribution in [1.82, 2.24) is 9.97 Å². The molecule has 0 aliphatic carbocycles. The molecule has 2 aromatic carbocycles. The van der Waals surface area contributed by atoms with Gasteiger partial charge >= 0.3 is 0 Å². The minimum Gasteiger partial charge on any atom is -0.384 e. The Bertz CT molecular complexity index is 1020. The van der Waals surface area contributed by atoms with E-state index in [-0.39, 0.29) is 0 Å². The van der Waals surface area contributed by atoms with E-state index in [9.17, 15) is 9.90 Å². The largest absolute Gasteiger partial charge is 0.384 e. The molecule has 1 atom stereocenters. The van der Waals surface area contributed by atoms with Gasteiger partial charge in [-0.25, -0.2) is 9.97 Å². The minimum absolute atomic E-state index is 0.444. The van der Waals surface area contributed by atoms with Gasteiger partial charge in [0.1, 0.15) is 6.10 Å². The maximum absolute atomic E-state index is 11.6. The van der Waals surface area contributed by atoms with Crippen molar-refractivity contribution in [3.8, 4) is 11.3 Å². The molecule has 160 valence electrons. The third kappa shape index (κ3) is 5.36. The third-order valence-corrected chi connectivity index (χ3v) is 4.98. The summed E-state index contributed by atoms with van der Waals surface area (Å²) >= 11 is 0. The first-order valence-electron chi connectivity index (χ1n) is 10.2. The number of amides is 1. The maximum Gasteiger partial charge on any atom is 0.252 e. The molecule has 1 aromatic heterocycles. The number of benzene rings is 2. The second-order valence-electron chi connectivity index (χ2n) is 7.28. The lowest BCUT2D eigenvalue weighted by Crippen LogP contribution is -2.36.